The van der Waals surface area contributed by atoms with Gasteiger partial charge in [-0.05, 0) is 49.7 Å². The maximum Gasteiger partial charge on any atom is 0.257 e. The molecule has 2 aromatic carbocycles. The van der Waals surface area contributed by atoms with E-state index in [2.05, 4.69) is 10.3 Å². The van der Waals surface area contributed by atoms with Crippen LogP contribution in [0.3, 0.4) is 0 Å². The van der Waals surface area contributed by atoms with Crippen molar-refractivity contribution >= 4 is 22.5 Å². The molecule has 0 spiro atoms. The van der Waals surface area contributed by atoms with Crippen LogP contribution in [0.5, 0.6) is 0 Å². The fourth-order valence-electron chi connectivity index (χ4n) is 2.57. The number of amides is 1. The molecular weight excluding hydrogens is 288 g/mol. The van der Waals surface area contributed by atoms with Crippen molar-refractivity contribution in [1.82, 2.24) is 4.98 Å². The average molecular weight is 306 g/mol. The van der Waals surface area contributed by atoms with Crippen LogP contribution in [0.2, 0.25) is 0 Å². The number of aromatic nitrogens is 1. The highest BCUT2D eigenvalue weighted by Crippen LogP contribution is 2.19. The number of hydrogen-bond donors (Lipinski definition) is 2. The molecule has 0 aliphatic carbocycles. The monoisotopic (exact) mass is 306 g/mol. The number of aliphatic hydroxyl groups excluding tert-OH is 1. The minimum absolute atomic E-state index is 0.0560. The minimum Gasteiger partial charge on any atom is -0.392 e. The molecule has 2 N–H and O–H groups in total. The van der Waals surface area contributed by atoms with Crippen LogP contribution in [0, 0.1) is 13.8 Å². The van der Waals surface area contributed by atoms with Gasteiger partial charge in [-0.1, -0.05) is 23.8 Å². The number of fused-ring (bicyclic) bond motifs is 1. The Labute approximate surface area is 134 Å². The lowest BCUT2D eigenvalue weighted by atomic mass is 10.1. The molecule has 23 heavy (non-hydrogen) atoms. The molecule has 3 aromatic rings. The first-order valence-corrected chi connectivity index (χ1v) is 7.46. The third-order valence-electron chi connectivity index (χ3n) is 3.77. The van der Waals surface area contributed by atoms with Gasteiger partial charge in [-0.2, -0.15) is 0 Å². The van der Waals surface area contributed by atoms with E-state index in [0.29, 0.717) is 16.9 Å². The third-order valence-corrected chi connectivity index (χ3v) is 3.77. The van der Waals surface area contributed by atoms with Crippen LogP contribution in [0.15, 0.2) is 48.5 Å². The first kappa shape index (κ1) is 15.2. The predicted octanol–water partition coefficient (Wildman–Crippen LogP) is 3.60. The molecule has 4 nitrogen and oxygen atoms in total. The van der Waals surface area contributed by atoms with Crippen LogP contribution in [0.4, 0.5) is 5.69 Å². The van der Waals surface area contributed by atoms with Crippen molar-refractivity contribution in [3.63, 3.8) is 0 Å². The quantitative estimate of drug-likeness (QED) is 0.777. The Morgan fingerprint density at radius 1 is 1.13 bits per heavy atom. The number of carbonyl (C=O) groups is 1. The van der Waals surface area contributed by atoms with Gasteiger partial charge in [0.1, 0.15) is 0 Å². The van der Waals surface area contributed by atoms with Crippen molar-refractivity contribution in [1.29, 1.82) is 0 Å². The number of nitrogens with zero attached hydrogens (tertiary/aromatic N) is 1. The molecule has 3 rings (SSSR count). The van der Waals surface area contributed by atoms with E-state index >= 15 is 0 Å². The van der Waals surface area contributed by atoms with Gasteiger partial charge in [0, 0.05) is 11.1 Å². The maximum atomic E-state index is 12.5. The second-order valence-electron chi connectivity index (χ2n) is 5.63. The van der Waals surface area contributed by atoms with Crippen LogP contribution in [0.25, 0.3) is 10.9 Å². The van der Waals surface area contributed by atoms with Gasteiger partial charge in [0.25, 0.3) is 5.91 Å². The topological polar surface area (TPSA) is 62.2 Å². The van der Waals surface area contributed by atoms with Crippen molar-refractivity contribution in [2.75, 3.05) is 5.32 Å². The van der Waals surface area contributed by atoms with Crippen molar-refractivity contribution in [2.45, 2.75) is 20.5 Å². The van der Waals surface area contributed by atoms with E-state index in [4.69, 9.17) is 0 Å². The molecule has 1 amide bonds. The van der Waals surface area contributed by atoms with Crippen molar-refractivity contribution in [3.05, 3.63) is 70.9 Å². The first-order chi connectivity index (χ1) is 11.1. The van der Waals surface area contributed by atoms with Crippen LogP contribution in [-0.2, 0) is 6.61 Å². The van der Waals surface area contributed by atoms with Crippen molar-refractivity contribution in [2.24, 2.45) is 0 Å². The lowest BCUT2D eigenvalue weighted by Crippen LogP contribution is -2.14. The van der Waals surface area contributed by atoms with E-state index in [-0.39, 0.29) is 12.5 Å². The predicted molar refractivity (Wildman–Crippen MR) is 91.5 cm³/mol. The number of rotatable bonds is 3. The van der Waals surface area contributed by atoms with Crippen LogP contribution >= 0.6 is 0 Å². The Hall–Kier alpha value is -2.72. The number of nitrogens with one attached hydrogen (secondary N) is 1. The van der Waals surface area contributed by atoms with Gasteiger partial charge in [0.2, 0.25) is 0 Å². The summed E-state index contributed by atoms with van der Waals surface area (Å²) in [4.78, 5) is 17.1. The number of benzene rings is 2. The second kappa shape index (κ2) is 6.18. The average Bonchev–Trinajstić information content (AvgIpc) is 2.54. The summed E-state index contributed by atoms with van der Waals surface area (Å²) < 4.78 is 0. The summed E-state index contributed by atoms with van der Waals surface area (Å²) in [7, 11) is 0. The van der Waals surface area contributed by atoms with Crippen molar-refractivity contribution in [3.8, 4) is 0 Å². The summed E-state index contributed by atoms with van der Waals surface area (Å²) >= 11 is 0. The molecule has 0 aliphatic rings. The maximum absolute atomic E-state index is 12.5. The molecule has 0 aliphatic heterocycles. The van der Waals surface area contributed by atoms with Crippen LogP contribution in [-0.4, -0.2) is 16.0 Å². The van der Waals surface area contributed by atoms with Gasteiger partial charge in [0.15, 0.2) is 0 Å². The van der Waals surface area contributed by atoms with E-state index in [1.54, 1.807) is 24.3 Å². The van der Waals surface area contributed by atoms with E-state index in [0.717, 1.165) is 22.0 Å². The molecule has 0 radical (unpaired) electrons. The Morgan fingerprint density at radius 3 is 2.74 bits per heavy atom. The molecular formula is C19H18N2O2. The third kappa shape index (κ3) is 3.22. The van der Waals surface area contributed by atoms with Gasteiger partial charge in [-0.15, -0.1) is 0 Å². The normalized spacial score (nSPS) is 10.7. The van der Waals surface area contributed by atoms with Gasteiger partial charge in [-0.25, -0.2) is 0 Å². The fourth-order valence-corrected chi connectivity index (χ4v) is 2.57. The van der Waals surface area contributed by atoms with Gasteiger partial charge in [0.05, 0.1) is 23.4 Å². The van der Waals surface area contributed by atoms with E-state index in [1.807, 2.05) is 38.1 Å². The fraction of sp³-hybridized carbons (Fsp3) is 0.158. The highest BCUT2D eigenvalue weighted by molar-refractivity contribution is 6.06. The van der Waals surface area contributed by atoms with Gasteiger partial charge in [-0.3, -0.25) is 9.78 Å². The zero-order valence-corrected chi connectivity index (χ0v) is 13.1. The summed E-state index contributed by atoms with van der Waals surface area (Å²) in [6, 6.07) is 15.0. The number of pyridine rings is 1. The number of carbonyl (C=O) groups excluding carboxylic acids is 1. The molecule has 0 saturated heterocycles. The SMILES string of the molecule is Cc1ccc2nc(C)c(C(=O)Nc3cccc(CO)c3)cc2c1. The zero-order chi connectivity index (χ0) is 16.4. The Kier molecular flexibility index (Phi) is 4.08. The minimum atomic E-state index is -0.200. The molecule has 0 fully saturated rings. The molecule has 116 valence electrons. The van der Waals surface area contributed by atoms with Gasteiger partial charge >= 0.3 is 0 Å². The summed E-state index contributed by atoms with van der Waals surface area (Å²) in [6.07, 6.45) is 0. The standard InChI is InChI=1S/C19H18N2O2/c1-12-6-7-18-15(8-12)10-17(13(2)20-18)19(23)21-16-5-3-4-14(9-16)11-22/h3-10,22H,11H2,1-2H3,(H,21,23). The molecule has 1 heterocycles. The van der Waals surface area contributed by atoms with Crippen molar-refractivity contribution < 1.29 is 9.90 Å². The largest absolute Gasteiger partial charge is 0.392 e. The number of aliphatic hydroxyl groups is 1. The van der Waals surface area contributed by atoms with E-state index in [9.17, 15) is 9.90 Å². The number of anilines is 1. The van der Waals surface area contributed by atoms with Gasteiger partial charge < -0.3 is 10.4 Å². The summed E-state index contributed by atoms with van der Waals surface area (Å²) in [5.41, 5.74) is 4.67. The molecule has 0 bridgehead atoms. The first-order valence-electron chi connectivity index (χ1n) is 7.46. The highest BCUT2D eigenvalue weighted by atomic mass is 16.3. The summed E-state index contributed by atoms with van der Waals surface area (Å²) in [6.45, 7) is 3.79. The second-order valence-corrected chi connectivity index (χ2v) is 5.63. The Morgan fingerprint density at radius 2 is 1.96 bits per heavy atom. The number of aryl methyl sites for hydroxylation is 2. The molecule has 1 aromatic heterocycles. The smallest absolute Gasteiger partial charge is 0.257 e. The Balaban J connectivity index is 1.95. The molecule has 4 heteroatoms. The Bertz CT molecular complexity index is 888. The van der Waals surface area contributed by atoms with Crippen LogP contribution < -0.4 is 5.32 Å². The summed E-state index contributed by atoms with van der Waals surface area (Å²) in [5.74, 6) is -0.200. The van der Waals surface area contributed by atoms with E-state index < -0.39 is 0 Å². The number of hydrogen-bond acceptors (Lipinski definition) is 3. The highest BCUT2D eigenvalue weighted by Gasteiger charge is 2.12. The van der Waals surface area contributed by atoms with Crippen LogP contribution in [0.1, 0.15) is 27.2 Å². The molecule has 0 saturated carbocycles. The van der Waals surface area contributed by atoms with E-state index in [1.165, 1.54) is 0 Å². The zero-order valence-electron chi connectivity index (χ0n) is 13.1. The lowest BCUT2D eigenvalue weighted by Gasteiger charge is -2.10. The molecule has 0 unspecified atom stereocenters. The summed E-state index contributed by atoms with van der Waals surface area (Å²) in [5, 5.41) is 13.0. The molecule has 0 atom stereocenters. The lowest BCUT2D eigenvalue weighted by molar-refractivity contribution is 0.102.